The zero-order valence-electron chi connectivity index (χ0n) is 16.7. The van der Waals surface area contributed by atoms with Gasteiger partial charge in [-0.1, -0.05) is 18.2 Å². The predicted octanol–water partition coefficient (Wildman–Crippen LogP) is 2.65. The van der Waals surface area contributed by atoms with E-state index in [4.69, 9.17) is 14.2 Å². The molecule has 1 saturated heterocycles. The van der Waals surface area contributed by atoms with Gasteiger partial charge >= 0.3 is 0 Å². The van der Waals surface area contributed by atoms with Gasteiger partial charge in [-0.3, -0.25) is 9.59 Å². The summed E-state index contributed by atoms with van der Waals surface area (Å²) in [5.41, 5.74) is 1.56. The van der Waals surface area contributed by atoms with Crippen molar-refractivity contribution >= 4 is 23.6 Å². The van der Waals surface area contributed by atoms with E-state index >= 15 is 0 Å². The van der Waals surface area contributed by atoms with Gasteiger partial charge in [-0.25, -0.2) is 0 Å². The molecule has 0 bridgehead atoms. The Hall–Kier alpha value is -3.48. The molecule has 2 aromatic rings. The van der Waals surface area contributed by atoms with Crippen LogP contribution in [0.2, 0.25) is 0 Å². The highest BCUT2D eigenvalue weighted by Gasteiger charge is 2.31. The van der Waals surface area contributed by atoms with E-state index in [1.54, 1.807) is 23.1 Å². The molecule has 2 amide bonds. The minimum absolute atomic E-state index is 0.00453. The van der Waals surface area contributed by atoms with E-state index in [9.17, 15) is 9.59 Å². The lowest BCUT2D eigenvalue weighted by Crippen LogP contribution is -2.36. The predicted molar refractivity (Wildman–Crippen MR) is 110 cm³/mol. The number of hydrogen-bond donors (Lipinski definition) is 1. The number of anilines is 1. The van der Waals surface area contributed by atoms with Gasteiger partial charge in [-0.05, 0) is 35.9 Å². The van der Waals surface area contributed by atoms with Crippen molar-refractivity contribution in [1.29, 1.82) is 0 Å². The lowest BCUT2D eigenvalue weighted by molar-refractivity contribution is -0.117. The molecule has 1 fully saturated rings. The Morgan fingerprint density at radius 3 is 2.31 bits per heavy atom. The maximum atomic E-state index is 12.3. The number of hydrogen-bond acceptors (Lipinski definition) is 5. The van der Waals surface area contributed by atoms with Gasteiger partial charge in [0.25, 0.3) is 0 Å². The van der Waals surface area contributed by atoms with Crippen LogP contribution < -0.4 is 24.4 Å². The second kappa shape index (κ2) is 9.14. The third-order valence-electron chi connectivity index (χ3n) is 4.65. The molecule has 0 radical (unpaired) electrons. The molecule has 1 aliphatic heterocycles. The number of carbonyl (C=O) groups excluding carboxylic acids is 2. The first kappa shape index (κ1) is 20.3. The van der Waals surface area contributed by atoms with Crippen LogP contribution in [0.5, 0.6) is 17.2 Å². The van der Waals surface area contributed by atoms with E-state index in [0.717, 1.165) is 11.3 Å². The average molecular weight is 396 g/mol. The zero-order chi connectivity index (χ0) is 20.8. The number of nitrogens with one attached hydrogen (secondary N) is 1. The smallest absolute Gasteiger partial charge is 0.244 e. The van der Waals surface area contributed by atoms with Gasteiger partial charge < -0.3 is 24.4 Å². The third-order valence-corrected chi connectivity index (χ3v) is 4.65. The lowest BCUT2D eigenvalue weighted by atomic mass is 10.1. The third kappa shape index (κ3) is 4.68. The second-order valence-corrected chi connectivity index (χ2v) is 6.54. The van der Waals surface area contributed by atoms with Crippen molar-refractivity contribution in [2.24, 2.45) is 0 Å². The molecule has 152 valence electrons. The Bertz CT molecular complexity index is 886. The van der Waals surface area contributed by atoms with Crippen molar-refractivity contribution in [3.8, 4) is 17.2 Å². The monoisotopic (exact) mass is 396 g/mol. The van der Waals surface area contributed by atoms with Crippen molar-refractivity contribution in [1.82, 2.24) is 5.32 Å². The summed E-state index contributed by atoms with van der Waals surface area (Å²) >= 11 is 0. The van der Waals surface area contributed by atoms with Crippen LogP contribution in [0.4, 0.5) is 5.69 Å². The standard InChI is InChI=1S/C22H24N2O5/c1-27-18-11-15(12-19(28-2)22(18)29-3)9-10-20(25)23-16-13-21(26)24(14-16)17-7-5-4-6-8-17/h4-12,16H,13-14H2,1-3H3,(H,23,25)/b10-9+/t16-/m1/s1. The number of methoxy groups -OCH3 is 3. The van der Waals surface area contributed by atoms with Crippen LogP contribution in [0.15, 0.2) is 48.5 Å². The molecular weight excluding hydrogens is 372 g/mol. The van der Waals surface area contributed by atoms with E-state index in [-0.39, 0.29) is 24.3 Å². The molecular formula is C22H24N2O5. The number of rotatable bonds is 7. The number of carbonyl (C=O) groups is 2. The van der Waals surface area contributed by atoms with Crippen molar-refractivity contribution in [2.75, 3.05) is 32.8 Å². The molecule has 7 heteroatoms. The summed E-state index contributed by atoms with van der Waals surface area (Å²) in [4.78, 5) is 26.3. The van der Waals surface area contributed by atoms with Crippen LogP contribution in [-0.2, 0) is 9.59 Å². The summed E-state index contributed by atoms with van der Waals surface area (Å²) in [6.45, 7) is 0.451. The van der Waals surface area contributed by atoms with E-state index in [1.807, 2.05) is 30.3 Å². The molecule has 0 aromatic heterocycles. The highest BCUT2D eigenvalue weighted by molar-refractivity contribution is 5.98. The van der Waals surface area contributed by atoms with E-state index in [1.165, 1.54) is 27.4 Å². The maximum absolute atomic E-state index is 12.3. The Morgan fingerprint density at radius 2 is 1.72 bits per heavy atom. The molecule has 7 nitrogen and oxygen atoms in total. The number of ether oxygens (including phenoxy) is 3. The number of amides is 2. The second-order valence-electron chi connectivity index (χ2n) is 6.54. The minimum atomic E-state index is -0.272. The zero-order valence-corrected chi connectivity index (χ0v) is 16.7. The SMILES string of the molecule is COc1cc(/C=C/C(=O)N[C@@H]2CC(=O)N(c3ccccc3)C2)cc(OC)c1OC. The van der Waals surface area contributed by atoms with Gasteiger partial charge in [-0.15, -0.1) is 0 Å². The van der Waals surface area contributed by atoms with Crippen LogP contribution in [0.3, 0.4) is 0 Å². The van der Waals surface area contributed by atoms with E-state index in [0.29, 0.717) is 23.8 Å². The van der Waals surface area contributed by atoms with Gasteiger partial charge in [-0.2, -0.15) is 0 Å². The van der Waals surface area contributed by atoms with E-state index < -0.39 is 0 Å². The number of benzene rings is 2. The lowest BCUT2D eigenvalue weighted by Gasteiger charge is -2.16. The van der Waals surface area contributed by atoms with E-state index in [2.05, 4.69) is 5.32 Å². The molecule has 1 atom stereocenters. The Balaban J connectivity index is 1.65. The van der Waals surface area contributed by atoms with Gasteiger partial charge in [0.2, 0.25) is 17.6 Å². The highest BCUT2D eigenvalue weighted by atomic mass is 16.5. The topological polar surface area (TPSA) is 77.1 Å². The summed E-state index contributed by atoms with van der Waals surface area (Å²) < 4.78 is 15.9. The van der Waals surface area contributed by atoms with Gasteiger partial charge in [0, 0.05) is 24.7 Å². The molecule has 0 saturated carbocycles. The average Bonchev–Trinajstić information content (AvgIpc) is 3.11. The van der Waals surface area contributed by atoms with Crippen LogP contribution >= 0.6 is 0 Å². The highest BCUT2D eigenvalue weighted by Crippen LogP contribution is 2.38. The van der Waals surface area contributed by atoms with Gasteiger partial charge in [0.05, 0.1) is 27.4 Å². The first-order valence-electron chi connectivity index (χ1n) is 9.19. The van der Waals surface area contributed by atoms with Crippen molar-refractivity contribution in [2.45, 2.75) is 12.5 Å². The fraction of sp³-hybridized carbons (Fsp3) is 0.273. The van der Waals surface area contributed by atoms with Crippen LogP contribution in [0.25, 0.3) is 6.08 Å². The van der Waals surface area contributed by atoms with Crippen molar-refractivity contribution in [3.63, 3.8) is 0 Å². The molecule has 1 aliphatic rings. The summed E-state index contributed by atoms with van der Waals surface area (Å²) in [6, 6.07) is 12.7. The molecule has 0 spiro atoms. The van der Waals surface area contributed by atoms with Crippen molar-refractivity contribution < 1.29 is 23.8 Å². The normalized spacial score (nSPS) is 16.2. The van der Waals surface area contributed by atoms with Crippen LogP contribution in [0.1, 0.15) is 12.0 Å². The molecule has 1 N–H and O–H groups in total. The molecule has 3 rings (SSSR count). The van der Waals surface area contributed by atoms with Crippen molar-refractivity contribution in [3.05, 3.63) is 54.1 Å². The molecule has 2 aromatic carbocycles. The van der Waals surface area contributed by atoms with Gasteiger partial charge in [0.15, 0.2) is 11.5 Å². The first-order valence-corrected chi connectivity index (χ1v) is 9.19. The number of para-hydroxylation sites is 1. The quantitative estimate of drug-likeness (QED) is 0.728. The van der Waals surface area contributed by atoms with Crippen LogP contribution in [0, 0.1) is 0 Å². The Kier molecular flexibility index (Phi) is 6.39. The summed E-state index contributed by atoms with van der Waals surface area (Å²) in [6.07, 6.45) is 3.36. The minimum Gasteiger partial charge on any atom is -0.493 e. The summed E-state index contributed by atoms with van der Waals surface area (Å²) in [5, 5.41) is 2.88. The fourth-order valence-corrected chi connectivity index (χ4v) is 3.28. The molecule has 1 heterocycles. The Morgan fingerprint density at radius 1 is 1.07 bits per heavy atom. The first-order chi connectivity index (χ1) is 14.0. The summed E-state index contributed by atoms with van der Waals surface area (Å²) in [7, 11) is 4.60. The molecule has 29 heavy (non-hydrogen) atoms. The summed E-state index contributed by atoms with van der Waals surface area (Å²) in [5.74, 6) is 1.22. The Labute approximate surface area is 169 Å². The number of nitrogens with zero attached hydrogens (tertiary/aromatic N) is 1. The molecule has 0 aliphatic carbocycles. The largest absolute Gasteiger partial charge is 0.493 e. The molecule has 0 unspecified atom stereocenters. The maximum Gasteiger partial charge on any atom is 0.244 e. The fourth-order valence-electron chi connectivity index (χ4n) is 3.28. The van der Waals surface area contributed by atoms with Crippen LogP contribution in [-0.4, -0.2) is 45.7 Å². The van der Waals surface area contributed by atoms with Gasteiger partial charge in [0.1, 0.15) is 0 Å².